The van der Waals surface area contributed by atoms with E-state index in [0.29, 0.717) is 5.82 Å². The Bertz CT molecular complexity index is 328. The first-order chi connectivity index (χ1) is 6.90. The predicted molar refractivity (Wildman–Crippen MR) is 63.8 cm³/mol. The Kier molecular flexibility index (Phi) is 3.50. The first kappa shape index (κ1) is 11.8. The molecule has 84 valence electrons. The van der Waals surface area contributed by atoms with Crippen molar-refractivity contribution in [2.75, 3.05) is 17.6 Å². The lowest BCUT2D eigenvalue weighted by Crippen LogP contribution is -2.20. The highest BCUT2D eigenvalue weighted by Gasteiger charge is 2.10. The Labute approximate surface area is 91.3 Å². The SMILES string of the molecule is CCc1nc(N)cc(NCC(C)(C)C)n1. The summed E-state index contributed by atoms with van der Waals surface area (Å²) in [5.41, 5.74) is 5.91. The van der Waals surface area contributed by atoms with E-state index in [9.17, 15) is 0 Å². The molecule has 0 amide bonds. The van der Waals surface area contributed by atoms with Gasteiger partial charge in [-0.15, -0.1) is 0 Å². The number of aromatic nitrogens is 2. The highest BCUT2D eigenvalue weighted by Crippen LogP contribution is 2.15. The van der Waals surface area contributed by atoms with Gasteiger partial charge in [0.1, 0.15) is 17.5 Å². The molecule has 1 rings (SSSR count). The Morgan fingerprint density at radius 3 is 2.53 bits per heavy atom. The van der Waals surface area contributed by atoms with Gasteiger partial charge in [-0.1, -0.05) is 27.7 Å². The number of nitrogens with two attached hydrogens (primary N) is 1. The van der Waals surface area contributed by atoms with Crippen molar-refractivity contribution in [3.8, 4) is 0 Å². The van der Waals surface area contributed by atoms with E-state index in [4.69, 9.17) is 5.73 Å². The fourth-order valence-corrected chi connectivity index (χ4v) is 1.12. The van der Waals surface area contributed by atoms with Gasteiger partial charge < -0.3 is 11.1 Å². The molecule has 1 aromatic rings. The zero-order valence-corrected chi connectivity index (χ0v) is 9.96. The molecule has 0 aliphatic rings. The average molecular weight is 208 g/mol. The van der Waals surface area contributed by atoms with E-state index < -0.39 is 0 Å². The van der Waals surface area contributed by atoms with Crippen molar-refractivity contribution in [2.45, 2.75) is 34.1 Å². The Morgan fingerprint density at radius 2 is 2.00 bits per heavy atom. The van der Waals surface area contributed by atoms with Gasteiger partial charge in [0.15, 0.2) is 0 Å². The summed E-state index contributed by atoms with van der Waals surface area (Å²) in [5, 5.41) is 3.27. The third-order valence-electron chi connectivity index (χ3n) is 1.91. The topological polar surface area (TPSA) is 63.8 Å². The molecule has 0 bridgehead atoms. The lowest BCUT2D eigenvalue weighted by molar-refractivity contribution is 0.442. The summed E-state index contributed by atoms with van der Waals surface area (Å²) in [6.07, 6.45) is 0.801. The molecule has 0 radical (unpaired) electrons. The second-order valence-corrected chi connectivity index (χ2v) is 4.86. The Balaban J connectivity index is 2.73. The van der Waals surface area contributed by atoms with Crippen molar-refractivity contribution >= 4 is 11.6 Å². The molecule has 0 aliphatic carbocycles. The van der Waals surface area contributed by atoms with Crippen molar-refractivity contribution in [3.05, 3.63) is 11.9 Å². The van der Waals surface area contributed by atoms with E-state index >= 15 is 0 Å². The van der Waals surface area contributed by atoms with Crippen LogP contribution < -0.4 is 11.1 Å². The van der Waals surface area contributed by atoms with Gasteiger partial charge >= 0.3 is 0 Å². The number of hydrogen-bond acceptors (Lipinski definition) is 4. The summed E-state index contributed by atoms with van der Waals surface area (Å²) in [7, 11) is 0. The van der Waals surface area contributed by atoms with Gasteiger partial charge in [0.25, 0.3) is 0 Å². The normalized spacial score (nSPS) is 11.5. The quantitative estimate of drug-likeness (QED) is 0.798. The molecule has 0 aromatic carbocycles. The predicted octanol–water partition coefficient (Wildman–Crippen LogP) is 2.08. The fraction of sp³-hybridized carbons (Fsp3) is 0.636. The van der Waals surface area contributed by atoms with Crippen molar-refractivity contribution < 1.29 is 0 Å². The maximum atomic E-state index is 5.68. The standard InChI is InChI=1S/C11H20N4/c1-5-9-14-8(12)6-10(15-9)13-7-11(2,3)4/h6H,5,7H2,1-4H3,(H3,12,13,14,15). The number of anilines is 2. The number of aryl methyl sites for hydroxylation is 1. The van der Waals surface area contributed by atoms with E-state index in [1.165, 1.54) is 0 Å². The molecule has 1 aromatic heterocycles. The summed E-state index contributed by atoms with van der Waals surface area (Å²) in [6.45, 7) is 9.40. The van der Waals surface area contributed by atoms with Crippen LogP contribution in [-0.4, -0.2) is 16.5 Å². The van der Waals surface area contributed by atoms with E-state index in [2.05, 4.69) is 36.1 Å². The second kappa shape index (κ2) is 4.47. The highest BCUT2D eigenvalue weighted by atomic mass is 15.0. The van der Waals surface area contributed by atoms with Gasteiger partial charge in [-0.05, 0) is 5.41 Å². The molecule has 0 saturated carbocycles. The van der Waals surface area contributed by atoms with Crippen LogP contribution in [0.2, 0.25) is 0 Å². The molecule has 0 atom stereocenters. The summed E-state index contributed by atoms with van der Waals surface area (Å²) >= 11 is 0. The summed E-state index contributed by atoms with van der Waals surface area (Å²) < 4.78 is 0. The molecule has 4 nitrogen and oxygen atoms in total. The van der Waals surface area contributed by atoms with Crippen molar-refractivity contribution in [3.63, 3.8) is 0 Å². The average Bonchev–Trinajstić information content (AvgIpc) is 2.13. The van der Waals surface area contributed by atoms with Crippen molar-refractivity contribution in [1.29, 1.82) is 0 Å². The van der Waals surface area contributed by atoms with Gasteiger partial charge in [0.05, 0.1) is 0 Å². The zero-order valence-electron chi connectivity index (χ0n) is 9.96. The first-order valence-corrected chi connectivity index (χ1v) is 5.28. The molecule has 15 heavy (non-hydrogen) atoms. The number of nitrogens with zero attached hydrogens (tertiary/aromatic N) is 2. The molecule has 4 heteroatoms. The van der Waals surface area contributed by atoms with E-state index in [1.54, 1.807) is 6.07 Å². The van der Waals surface area contributed by atoms with Crippen LogP contribution >= 0.6 is 0 Å². The van der Waals surface area contributed by atoms with Crippen LogP contribution in [0.1, 0.15) is 33.5 Å². The number of nitrogen functional groups attached to an aromatic ring is 1. The molecule has 3 N–H and O–H groups in total. The van der Waals surface area contributed by atoms with Crippen LogP contribution in [0.25, 0.3) is 0 Å². The minimum atomic E-state index is 0.228. The minimum absolute atomic E-state index is 0.228. The van der Waals surface area contributed by atoms with Crippen LogP contribution in [0.3, 0.4) is 0 Å². The molecular weight excluding hydrogens is 188 g/mol. The van der Waals surface area contributed by atoms with Gasteiger partial charge in [0.2, 0.25) is 0 Å². The fourth-order valence-electron chi connectivity index (χ4n) is 1.12. The first-order valence-electron chi connectivity index (χ1n) is 5.28. The maximum Gasteiger partial charge on any atom is 0.132 e. The number of hydrogen-bond donors (Lipinski definition) is 2. The molecule has 0 saturated heterocycles. The van der Waals surface area contributed by atoms with Crippen molar-refractivity contribution in [2.24, 2.45) is 5.41 Å². The lowest BCUT2D eigenvalue weighted by Gasteiger charge is -2.19. The van der Waals surface area contributed by atoms with E-state index in [-0.39, 0.29) is 5.41 Å². The monoisotopic (exact) mass is 208 g/mol. The molecule has 0 unspecified atom stereocenters. The minimum Gasteiger partial charge on any atom is -0.384 e. The second-order valence-electron chi connectivity index (χ2n) is 4.86. The summed E-state index contributed by atoms with van der Waals surface area (Å²) in [6, 6.07) is 1.77. The van der Waals surface area contributed by atoms with Crippen LogP contribution in [0.4, 0.5) is 11.6 Å². The van der Waals surface area contributed by atoms with Gasteiger partial charge in [0, 0.05) is 19.0 Å². The van der Waals surface area contributed by atoms with E-state index in [0.717, 1.165) is 24.6 Å². The third kappa shape index (κ3) is 4.14. The van der Waals surface area contributed by atoms with Gasteiger partial charge in [-0.2, -0.15) is 0 Å². The van der Waals surface area contributed by atoms with Crippen LogP contribution in [0, 0.1) is 5.41 Å². The molecular formula is C11H20N4. The molecule has 0 spiro atoms. The molecule has 0 aliphatic heterocycles. The van der Waals surface area contributed by atoms with Crippen LogP contribution in [0.15, 0.2) is 6.07 Å². The lowest BCUT2D eigenvalue weighted by atomic mass is 9.97. The number of rotatable bonds is 3. The molecule has 0 fully saturated rings. The highest BCUT2D eigenvalue weighted by molar-refractivity contribution is 5.44. The zero-order chi connectivity index (χ0) is 11.5. The number of nitrogens with one attached hydrogen (secondary N) is 1. The van der Waals surface area contributed by atoms with Crippen LogP contribution in [-0.2, 0) is 6.42 Å². The Morgan fingerprint density at radius 1 is 1.33 bits per heavy atom. The van der Waals surface area contributed by atoms with Gasteiger partial charge in [-0.3, -0.25) is 0 Å². The maximum absolute atomic E-state index is 5.68. The largest absolute Gasteiger partial charge is 0.384 e. The van der Waals surface area contributed by atoms with Crippen LogP contribution in [0.5, 0.6) is 0 Å². The van der Waals surface area contributed by atoms with Gasteiger partial charge in [-0.25, -0.2) is 9.97 Å². The molecule has 1 heterocycles. The smallest absolute Gasteiger partial charge is 0.132 e. The summed E-state index contributed by atoms with van der Waals surface area (Å²) in [4.78, 5) is 8.48. The third-order valence-corrected chi connectivity index (χ3v) is 1.91. The Hall–Kier alpha value is -1.32. The van der Waals surface area contributed by atoms with E-state index in [1.807, 2.05) is 6.92 Å². The van der Waals surface area contributed by atoms with Crippen molar-refractivity contribution in [1.82, 2.24) is 9.97 Å². The summed E-state index contributed by atoms with van der Waals surface area (Å²) in [5.74, 6) is 2.12.